The second-order valence-corrected chi connectivity index (χ2v) is 4.39. The standard InChI is InChI=1S/C14H16N2O/c1-9-2-3-11-7-12(5-4-10(11)6-9)13(15)8-14(16)17/h2-7,13H,8,15H2,1H3,(H2,16,17). The number of primary amides is 1. The third-order valence-electron chi connectivity index (χ3n) is 2.87. The van der Waals surface area contributed by atoms with Gasteiger partial charge in [0.25, 0.3) is 0 Å². The van der Waals surface area contributed by atoms with Crippen LogP contribution in [0.4, 0.5) is 0 Å². The Bertz CT molecular complexity index is 563. The Kier molecular flexibility index (Phi) is 3.11. The van der Waals surface area contributed by atoms with Crippen molar-refractivity contribution >= 4 is 16.7 Å². The molecular formula is C14H16N2O. The molecule has 2 aromatic carbocycles. The molecule has 88 valence electrons. The number of hydrogen-bond acceptors (Lipinski definition) is 2. The molecule has 0 aliphatic heterocycles. The first-order valence-electron chi connectivity index (χ1n) is 5.60. The lowest BCUT2D eigenvalue weighted by atomic mass is 9.99. The van der Waals surface area contributed by atoms with Crippen LogP contribution >= 0.6 is 0 Å². The minimum Gasteiger partial charge on any atom is -0.370 e. The zero-order chi connectivity index (χ0) is 12.4. The quantitative estimate of drug-likeness (QED) is 0.843. The monoisotopic (exact) mass is 228 g/mol. The molecule has 0 heterocycles. The van der Waals surface area contributed by atoms with E-state index >= 15 is 0 Å². The van der Waals surface area contributed by atoms with E-state index in [1.165, 1.54) is 10.9 Å². The maximum absolute atomic E-state index is 10.8. The van der Waals surface area contributed by atoms with E-state index in [0.717, 1.165) is 10.9 Å². The number of benzene rings is 2. The van der Waals surface area contributed by atoms with Gasteiger partial charge in [-0.1, -0.05) is 35.9 Å². The molecule has 0 bridgehead atoms. The predicted octanol–water partition coefficient (Wildman–Crippen LogP) is 2.02. The second-order valence-electron chi connectivity index (χ2n) is 4.39. The molecule has 4 N–H and O–H groups in total. The molecule has 1 unspecified atom stereocenters. The van der Waals surface area contributed by atoms with E-state index in [4.69, 9.17) is 11.5 Å². The van der Waals surface area contributed by atoms with Crippen LogP contribution in [0.25, 0.3) is 10.8 Å². The van der Waals surface area contributed by atoms with Gasteiger partial charge in [-0.05, 0) is 29.3 Å². The maximum atomic E-state index is 10.8. The zero-order valence-electron chi connectivity index (χ0n) is 9.81. The van der Waals surface area contributed by atoms with Crippen molar-refractivity contribution in [3.05, 3.63) is 47.5 Å². The summed E-state index contributed by atoms with van der Waals surface area (Å²) in [5.41, 5.74) is 13.2. The average molecular weight is 228 g/mol. The predicted molar refractivity (Wildman–Crippen MR) is 69.4 cm³/mol. The van der Waals surface area contributed by atoms with E-state index in [-0.39, 0.29) is 18.4 Å². The molecule has 2 aromatic rings. The summed E-state index contributed by atoms with van der Waals surface area (Å²) in [4.78, 5) is 10.8. The smallest absolute Gasteiger partial charge is 0.219 e. The molecule has 1 atom stereocenters. The Morgan fingerprint density at radius 3 is 2.53 bits per heavy atom. The highest BCUT2D eigenvalue weighted by Gasteiger charge is 2.09. The van der Waals surface area contributed by atoms with Crippen LogP contribution in [0.15, 0.2) is 36.4 Å². The highest BCUT2D eigenvalue weighted by Crippen LogP contribution is 2.21. The van der Waals surface area contributed by atoms with Crippen molar-refractivity contribution in [3.63, 3.8) is 0 Å². The fraction of sp³-hybridized carbons (Fsp3) is 0.214. The van der Waals surface area contributed by atoms with E-state index in [0.29, 0.717) is 0 Å². The number of fused-ring (bicyclic) bond motifs is 1. The zero-order valence-corrected chi connectivity index (χ0v) is 9.81. The third kappa shape index (κ3) is 2.63. The summed E-state index contributed by atoms with van der Waals surface area (Å²) in [6.45, 7) is 2.06. The highest BCUT2D eigenvalue weighted by atomic mass is 16.1. The van der Waals surface area contributed by atoms with Crippen LogP contribution in [-0.4, -0.2) is 5.91 Å². The number of hydrogen-bond donors (Lipinski definition) is 2. The fourth-order valence-electron chi connectivity index (χ4n) is 1.95. The number of amides is 1. The van der Waals surface area contributed by atoms with Gasteiger partial charge in [-0.2, -0.15) is 0 Å². The number of carbonyl (C=O) groups is 1. The highest BCUT2D eigenvalue weighted by molar-refractivity contribution is 5.84. The van der Waals surface area contributed by atoms with E-state index in [2.05, 4.69) is 25.1 Å². The lowest BCUT2D eigenvalue weighted by Crippen LogP contribution is -2.20. The fourth-order valence-corrected chi connectivity index (χ4v) is 1.95. The summed E-state index contributed by atoms with van der Waals surface area (Å²) in [6, 6.07) is 11.9. The van der Waals surface area contributed by atoms with E-state index in [1.54, 1.807) is 0 Å². The van der Waals surface area contributed by atoms with Gasteiger partial charge >= 0.3 is 0 Å². The van der Waals surface area contributed by atoms with Gasteiger partial charge in [-0.15, -0.1) is 0 Å². The lowest BCUT2D eigenvalue weighted by molar-refractivity contribution is -0.118. The molecule has 0 aromatic heterocycles. The van der Waals surface area contributed by atoms with Crippen LogP contribution in [0.2, 0.25) is 0 Å². The van der Waals surface area contributed by atoms with Crippen LogP contribution in [0, 0.1) is 6.92 Å². The van der Waals surface area contributed by atoms with Crippen molar-refractivity contribution in [1.82, 2.24) is 0 Å². The SMILES string of the molecule is Cc1ccc2cc(C(N)CC(N)=O)ccc2c1. The van der Waals surface area contributed by atoms with Crippen molar-refractivity contribution in [2.24, 2.45) is 11.5 Å². The number of aryl methyl sites for hydroxylation is 1. The molecule has 0 saturated carbocycles. The van der Waals surface area contributed by atoms with Gasteiger partial charge in [-0.3, -0.25) is 4.79 Å². The molecule has 0 spiro atoms. The molecular weight excluding hydrogens is 212 g/mol. The molecule has 0 fully saturated rings. The number of nitrogens with two attached hydrogens (primary N) is 2. The largest absolute Gasteiger partial charge is 0.370 e. The summed E-state index contributed by atoms with van der Waals surface area (Å²) < 4.78 is 0. The van der Waals surface area contributed by atoms with Gasteiger partial charge in [0.15, 0.2) is 0 Å². The van der Waals surface area contributed by atoms with Crippen molar-refractivity contribution in [2.75, 3.05) is 0 Å². The Balaban J connectivity index is 2.37. The van der Waals surface area contributed by atoms with Gasteiger partial charge in [0.2, 0.25) is 5.91 Å². The van der Waals surface area contributed by atoms with Gasteiger partial charge in [0.05, 0.1) is 0 Å². The molecule has 0 aliphatic carbocycles. The molecule has 17 heavy (non-hydrogen) atoms. The van der Waals surface area contributed by atoms with E-state index < -0.39 is 0 Å². The summed E-state index contributed by atoms with van der Waals surface area (Å²) in [7, 11) is 0. The molecule has 1 amide bonds. The minimum absolute atomic E-state index is 0.178. The van der Waals surface area contributed by atoms with Crippen molar-refractivity contribution in [1.29, 1.82) is 0 Å². The second kappa shape index (κ2) is 4.55. The van der Waals surface area contributed by atoms with E-state index in [9.17, 15) is 4.79 Å². The van der Waals surface area contributed by atoms with Gasteiger partial charge in [-0.25, -0.2) is 0 Å². The summed E-state index contributed by atoms with van der Waals surface area (Å²) >= 11 is 0. The van der Waals surface area contributed by atoms with Crippen molar-refractivity contribution < 1.29 is 4.79 Å². The molecule has 0 aliphatic rings. The molecule has 3 nitrogen and oxygen atoms in total. The topological polar surface area (TPSA) is 69.1 Å². The number of rotatable bonds is 3. The third-order valence-corrected chi connectivity index (χ3v) is 2.87. The molecule has 3 heteroatoms. The lowest BCUT2D eigenvalue weighted by Gasteiger charge is -2.11. The van der Waals surface area contributed by atoms with Gasteiger partial charge in [0.1, 0.15) is 0 Å². The van der Waals surface area contributed by atoms with Crippen molar-refractivity contribution in [3.8, 4) is 0 Å². The first-order valence-corrected chi connectivity index (χ1v) is 5.60. The minimum atomic E-state index is -0.374. The van der Waals surface area contributed by atoms with Crippen LogP contribution < -0.4 is 11.5 Å². The Morgan fingerprint density at radius 2 is 1.82 bits per heavy atom. The summed E-state index contributed by atoms with van der Waals surface area (Å²) in [6.07, 6.45) is 0.178. The first kappa shape index (κ1) is 11.6. The number of carbonyl (C=O) groups excluding carboxylic acids is 1. The van der Waals surface area contributed by atoms with Crippen LogP contribution in [0.5, 0.6) is 0 Å². The summed E-state index contributed by atoms with van der Waals surface area (Å²) in [5, 5.41) is 2.31. The Labute approximate surface area is 100 Å². The first-order chi connectivity index (χ1) is 8.06. The molecule has 0 saturated heterocycles. The van der Waals surface area contributed by atoms with Crippen LogP contribution in [0.3, 0.4) is 0 Å². The van der Waals surface area contributed by atoms with E-state index in [1.807, 2.05) is 18.2 Å². The summed E-state index contributed by atoms with van der Waals surface area (Å²) in [5.74, 6) is -0.374. The molecule has 2 rings (SSSR count). The maximum Gasteiger partial charge on any atom is 0.219 e. The molecule has 0 radical (unpaired) electrons. The average Bonchev–Trinajstić information content (AvgIpc) is 2.27. The van der Waals surface area contributed by atoms with Gasteiger partial charge in [0, 0.05) is 12.5 Å². The van der Waals surface area contributed by atoms with Gasteiger partial charge < -0.3 is 11.5 Å². The van der Waals surface area contributed by atoms with Crippen molar-refractivity contribution in [2.45, 2.75) is 19.4 Å². The Morgan fingerprint density at radius 1 is 1.18 bits per heavy atom. The van der Waals surface area contributed by atoms with Crippen LogP contribution in [-0.2, 0) is 4.79 Å². The normalized spacial score (nSPS) is 12.6. The Hall–Kier alpha value is -1.87. The van der Waals surface area contributed by atoms with Crippen LogP contribution in [0.1, 0.15) is 23.6 Å².